The van der Waals surface area contributed by atoms with Crippen LogP contribution in [0, 0.1) is 11.3 Å². The van der Waals surface area contributed by atoms with E-state index in [2.05, 4.69) is 40.2 Å². The van der Waals surface area contributed by atoms with Crippen molar-refractivity contribution in [2.75, 3.05) is 31.6 Å². The largest absolute Gasteiger partial charge is 0.361 e. The van der Waals surface area contributed by atoms with E-state index in [1.165, 1.54) is 5.56 Å². The summed E-state index contributed by atoms with van der Waals surface area (Å²) in [7, 11) is 1.61. The Balaban J connectivity index is 1.65. The molecule has 0 unspecified atom stereocenters. The standard InChI is InChI=1S/C27H26Cl2N4O/c1-18(20-5-3-19(16-30)4-6-20)32-13-14-33(26(17-32)21-7-10-23(28)11-8-21)25-12-9-22(15-24(25)29)27(34)31-2/h3-12,15,18,26H,13-14,17H2,1-2H3,(H,31,34)/t18-,26+/m1/s1. The van der Waals surface area contributed by atoms with E-state index in [-0.39, 0.29) is 18.0 Å². The van der Waals surface area contributed by atoms with Crippen LogP contribution in [0.3, 0.4) is 0 Å². The third-order valence-electron chi connectivity index (χ3n) is 6.48. The van der Waals surface area contributed by atoms with Crippen molar-refractivity contribution < 1.29 is 4.79 Å². The number of benzene rings is 3. The molecule has 1 N–H and O–H groups in total. The van der Waals surface area contributed by atoms with Crippen LogP contribution >= 0.6 is 23.2 Å². The van der Waals surface area contributed by atoms with Gasteiger partial charge in [-0.1, -0.05) is 47.5 Å². The Kier molecular flexibility index (Phi) is 7.43. The van der Waals surface area contributed by atoms with E-state index < -0.39 is 0 Å². The fraction of sp³-hybridized carbons (Fsp3) is 0.259. The maximum Gasteiger partial charge on any atom is 0.251 e. The lowest BCUT2D eigenvalue weighted by atomic mass is 9.98. The molecule has 174 valence electrons. The Morgan fingerprint density at radius 1 is 1.06 bits per heavy atom. The molecule has 4 rings (SSSR count). The normalized spacial score (nSPS) is 17.1. The van der Waals surface area contributed by atoms with E-state index in [9.17, 15) is 4.79 Å². The Hall–Kier alpha value is -3.04. The van der Waals surface area contributed by atoms with Crippen LogP contribution in [0.1, 0.15) is 46.1 Å². The molecule has 7 heteroatoms. The van der Waals surface area contributed by atoms with Gasteiger partial charge in [-0.05, 0) is 60.5 Å². The average molecular weight is 493 g/mol. The topological polar surface area (TPSA) is 59.4 Å². The highest BCUT2D eigenvalue weighted by Crippen LogP contribution is 2.38. The van der Waals surface area contributed by atoms with Gasteiger partial charge in [0.15, 0.2) is 0 Å². The molecule has 0 aromatic heterocycles. The molecule has 1 heterocycles. The Labute approximate surface area is 210 Å². The number of carbonyl (C=O) groups is 1. The van der Waals surface area contributed by atoms with Crippen molar-refractivity contribution in [3.63, 3.8) is 0 Å². The van der Waals surface area contributed by atoms with Gasteiger partial charge in [0.1, 0.15) is 0 Å². The summed E-state index contributed by atoms with van der Waals surface area (Å²) in [6.45, 7) is 4.60. The van der Waals surface area contributed by atoms with Crippen LogP contribution in [0.25, 0.3) is 0 Å². The SMILES string of the molecule is CNC(=O)c1ccc(N2CCN([C@H](C)c3ccc(C#N)cc3)C[C@H]2c2ccc(Cl)cc2)c(Cl)c1. The summed E-state index contributed by atoms with van der Waals surface area (Å²) in [5, 5.41) is 13.0. The third-order valence-corrected chi connectivity index (χ3v) is 7.04. The molecule has 0 radical (unpaired) electrons. The fourth-order valence-electron chi connectivity index (χ4n) is 4.49. The van der Waals surface area contributed by atoms with Crippen LogP contribution < -0.4 is 10.2 Å². The van der Waals surface area contributed by atoms with Crippen molar-refractivity contribution in [2.24, 2.45) is 0 Å². The molecular weight excluding hydrogens is 467 g/mol. The average Bonchev–Trinajstić information content (AvgIpc) is 2.88. The van der Waals surface area contributed by atoms with Gasteiger partial charge in [-0.2, -0.15) is 5.26 Å². The minimum Gasteiger partial charge on any atom is -0.361 e. The number of carbonyl (C=O) groups excluding carboxylic acids is 1. The molecule has 0 bridgehead atoms. The molecule has 1 aliphatic rings. The summed E-state index contributed by atoms with van der Waals surface area (Å²) in [4.78, 5) is 16.8. The number of rotatable bonds is 5. The highest BCUT2D eigenvalue weighted by atomic mass is 35.5. The lowest BCUT2D eigenvalue weighted by Gasteiger charge is -2.45. The molecule has 0 spiro atoms. The van der Waals surface area contributed by atoms with E-state index in [0.29, 0.717) is 21.2 Å². The second-order valence-corrected chi connectivity index (χ2v) is 9.25. The summed E-state index contributed by atoms with van der Waals surface area (Å²) in [5.41, 5.74) is 4.42. The van der Waals surface area contributed by atoms with E-state index in [1.54, 1.807) is 13.1 Å². The number of amides is 1. The number of nitrogens with one attached hydrogen (secondary N) is 1. The van der Waals surface area contributed by atoms with Gasteiger partial charge < -0.3 is 10.2 Å². The van der Waals surface area contributed by atoms with Crippen LogP contribution in [0.4, 0.5) is 5.69 Å². The van der Waals surface area contributed by atoms with Crippen molar-refractivity contribution >= 4 is 34.8 Å². The van der Waals surface area contributed by atoms with Gasteiger partial charge in [0.2, 0.25) is 0 Å². The second kappa shape index (κ2) is 10.5. The molecule has 1 aliphatic heterocycles. The lowest BCUT2D eigenvalue weighted by molar-refractivity contribution is 0.0963. The summed E-state index contributed by atoms with van der Waals surface area (Å²) in [5.74, 6) is -0.163. The van der Waals surface area contributed by atoms with Gasteiger partial charge in [0, 0.05) is 43.3 Å². The molecule has 0 saturated carbocycles. The monoisotopic (exact) mass is 492 g/mol. The quantitative estimate of drug-likeness (QED) is 0.485. The molecular formula is C27H26Cl2N4O. The zero-order valence-corrected chi connectivity index (χ0v) is 20.6. The minimum atomic E-state index is -0.163. The maximum atomic E-state index is 12.0. The molecule has 1 saturated heterocycles. The van der Waals surface area contributed by atoms with Crippen molar-refractivity contribution in [1.82, 2.24) is 10.2 Å². The zero-order valence-electron chi connectivity index (χ0n) is 19.1. The van der Waals surface area contributed by atoms with E-state index in [1.807, 2.05) is 48.5 Å². The molecule has 5 nitrogen and oxygen atoms in total. The first-order valence-electron chi connectivity index (χ1n) is 11.2. The molecule has 2 atom stereocenters. The predicted molar refractivity (Wildman–Crippen MR) is 138 cm³/mol. The van der Waals surface area contributed by atoms with Gasteiger partial charge >= 0.3 is 0 Å². The zero-order chi connectivity index (χ0) is 24.2. The van der Waals surface area contributed by atoms with Crippen LogP contribution in [0.2, 0.25) is 10.0 Å². The molecule has 34 heavy (non-hydrogen) atoms. The first-order valence-corrected chi connectivity index (χ1v) is 11.9. The Morgan fingerprint density at radius 2 is 1.76 bits per heavy atom. The Morgan fingerprint density at radius 3 is 2.38 bits per heavy atom. The lowest BCUT2D eigenvalue weighted by Crippen LogP contribution is -2.49. The second-order valence-electron chi connectivity index (χ2n) is 8.41. The van der Waals surface area contributed by atoms with Crippen LogP contribution in [0.15, 0.2) is 66.7 Å². The number of piperazine rings is 1. The van der Waals surface area contributed by atoms with Gasteiger partial charge in [-0.3, -0.25) is 9.69 Å². The maximum absolute atomic E-state index is 12.0. The van der Waals surface area contributed by atoms with E-state index in [4.69, 9.17) is 28.5 Å². The summed E-state index contributed by atoms with van der Waals surface area (Å²) < 4.78 is 0. The highest BCUT2D eigenvalue weighted by molar-refractivity contribution is 6.33. The van der Waals surface area contributed by atoms with Crippen molar-refractivity contribution in [2.45, 2.75) is 19.0 Å². The number of anilines is 1. The van der Waals surface area contributed by atoms with Gasteiger partial charge in [0.05, 0.1) is 28.4 Å². The van der Waals surface area contributed by atoms with Crippen LogP contribution in [-0.4, -0.2) is 37.5 Å². The number of halogens is 2. The molecule has 0 aliphatic carbocycles. The molecule has 1 fully saturated rings. The molecule has 3 aromatic carbocycles. The molecule has 1 amide bonds. The summed E-state index contributed by atoms with van der Waals surface area (Å²) in [6.07, 6.45) is 0. The van der Waals surface area contributed by atoms with Gasteiger partial charge in [-0.15, -0.1) is 0 Å². The molecule has 3 aromatic rings. The van der Waals surface area contributed by atoms with Crippen molar-refractivity contribution in [3.05, 3.63) is 99.0 Å². The number of nitriles is 1. The van der Waals surface area contributed by atoms with Crippen LogP contribution in [-0.2, 0) is 0 Å². The van der Waals surface area contributed by atoms with Gasteiger partial charge in [0.25, 0.3) is 5.91 Å². The first kappa shape index (κ1) is 24.1. The van der Waals surface area contributed by atoms with E-state index in [0.717, 1.165) is 30.9 Å². The third kappa shape index (κ3) is 5.05. The van der Waals surface area contributed by atoms with E-state index >= 15 is 0 Å². The Bertz CT molecular complexity index is 1200. The number of hydrogen-bond donors (Lipinski definition) is 1. The first-order chi connectivity index (χ1) is 16.4. The summed E-state index contributed by atoms with van der Waals surface area (Å²) >= 11 is 12.9. The highest BCUT2D eigenvalue weighted by Gasteiger charge is 2.32. The summed E-state index contributed by atoms with van der Waals surface area (Å²) in [6, 6.07) is 23.6. The number of hydrogen-bond acceptors (Lipinski definition) is 4. The minimum absolute atomic E-state index is 0.0511. The predicted octanol–water partition coefficient (Wildman–Crippen LogP) is 5.85. The smallest absolute Gasteiger partial charge is 0.251 e. The van der Waals surface area contributed by atoms with Gasteiger partial charge in [-0.25, -0.2) is 0 Å². The fourth-order valence-corrected chi connectivity index (χ4v) is 4.90. The van der Waals surface area contributed by atoms with Crippen molar-refractivity contribution in [1.29, 1.82) is 5.26 Å². The van der Waals surface area contributed by atoms with Crippen LogP contribution in [0.5, 0.6) is 0 Å². The van der Waals surface area contributed by atoms with Crippen molar-refractivity contribution in [3.8, 4) is 6.07 Å². The number of nitrogens with zero attached hydrogens (tertiary/aromatic N) is 3.